The predicted octanol–water partition coefficient (Wildman–Crippen LogP) is 2.99. The van der Waals surface area contributed by atoms with Crippen molar-refractivity contribution >= 4 is 5.91 Å². The number of benzene rings is 1. The molecular weight excluding hydrogens is 193 g/mol. The van der Waals surface area contributed by atoms with Gasteiger partial charge in [-0.1, -0.05) is 13.8 Å². The van der Waals surface area contributed by atoms with Gasteiger partial charge in [-0.05, 0) is 38.1 Å². The minimum atomic E-state index is -0.332. The smallest absolute Gasteiger partial charge is 0.251 e. The molecular formula is C12H18FNO. The van der Waals surface area contributed by atoms with Gasteiger partial charge in [0.2, 0.25) is 0 Å². The standard InChI is InChI=1S/C10H12FNO.C2H6/c1-7(2)12-10(13)8-3-5-9(11)6-4-8;1-2/h3-7H,1-2H3,(H,12,13);1-2H3. The zero-order chi connectivity index (χ0) is 11.8. The molecule has 0 heterocycles. The van der Waals surface area contributed by atoms with Crippen LogP contribution in [-0.4, -0.2) is 11.9 Å². The van der Waals surface area contributed by atoms with Crippen LogP contribution in [-0.2, 0) is 0 Å². The number of rotatable bonds is 2. The number of hydrogen-bond donors (Lipinski definition) is 1. The van der Waals surface area contributed by atoms with Crippen LogP contribution in [0.5, 0.6) is 0 Å². The summed E-state index contributed by atoms with van der Waals surface area (Å²) < 4.78 is 12.5. The van der Waals surface area contributed by atoms with E-state index in [1.807, 2.05) is 27.7 Å². The Hall–Kier alpha value is -1.38. The fourth-order valence-electron chi connectivity index (χ4n) is 0.947. The van der Waals surface area contributed by atoms with Crippen molar-refractivity contribution in [3.05, 3.63) is 35.6 Å². The molecule has 0 fully saturated rings. The third-order valence-corrected chi connectivity index (χ3v) is 1.53. The molecule has 1 N–H and O–H groups in total. The van der Waals surface area contributed by atoms with Gasteiger partial charge < -0.3 is 5.32 Å². The first kappa shape index (κ1) is 13.6. The molecule has 2 nitrogen and oxygen atoms in total. The van der Waals surface area contributed by atoms with Crippen molar-refractivity contribution in [1.82, 2.24) is 5.32 Å². The van der Waals surface area contributed by atoms with Gasteiger partial charge in [0, 0.05) is 11.6 Å². The zero-order valence-corrected chi connectivity index (χ0v) is 9.67. The third-order valence-electron chi connectivity index (χ3n) is 1.53. The highest BCUT2D eigenvalue weighted by molar-refractivity contribution is 5.94. The summed E-state index contributed by atoms with van der Waals surface area (Å²) in [5, 5.41) is 2.72. The number of nitrogens with one attached hydrogen (secondary N) is 1. The zero-order valence-electron chi connectivity index (χ0n) is 9.67. The first-order valence-corrected chi connectivity index (χ1v) is 5.16. The van der Waals surface area contributed by atoms with Gasteiger partial charge >= 0.3 is 0 Å². The van der Waals surface area contributed by atoms with Crippen LogP contribution in [0.25, 0.3) is 0 Å². The molecule has 1 amide bonds. The minimum Gasteiger partial charge on any atom is -0.350 e. The molecule has 0 saturated heterocycles. The lowest BCUT2D eigenvalue weighted by Crippen LogP contribution is -2.29. The van der Waals surface area contributed by atoms with Gasteiger partial charge in [0.05, 0.1) is 0 Å². The maximum atomic E-state index is 12.5. The van der Waals surface area contributed by atoms with E-state index in [0.717, 1.165) is 0 Å². The summed E-state index contributed by atoms with van der Waals surface area (Å²) in [6.45, 7) is 7.75. The Kier molecular flexibility index (Phi) is 6.34. The van der Waals surface area contributed by atoms with Gasteiger partial charge in [0.15, 0.2) is 0 Å². The molecule has 0 spiro atoms. The maximum Gasteiger partial charge on any atom is 0.251 e. The molecule has 0 atom stereocenters. The van der Waals surface area contributed by atoms with Crippen molar-refractivity contribution in [2.45, 2.75) is 33.7 Å². The molecule has 0 aliphatic carbocycles. The molecule has 15 heavy (non-hydrogen) atoms. The van der Waals surface area contributed by atoms with Crippen molar-refractivity contribution in [1.29, 1.82) is 0 Å². The lowest BCUT2D eigenvalue weighted by Gasteiger charge is -2.07. The molecule has 1 aromatic carbocycles. The van der Waals surface area contributed by atoms with Gasteiger partial charge in [-0.15, -0.1) is 0 Å². The van der Waals surface area contributed by atoms with E-state index in [1.165, 1.54) is 24.3 Å². The summed E-state index contributed by atoms with van der Waals surface area (Å²) in [6.07, 6.45) is 0. The van der Waals surface area contributed by atoms with Crippen molar-refractivity contribution in [3.8, 4) is 0 Å². The van der Waals surface area contributed by atoms with Crippen molar-refractivity contribution < 1.29 is 9.18 Å². The van der Waals surface area contributed by atoms with E-state index in [-0.39, 0.29) is 17.8 Å². The van der Waals surface area contributed by atoms with Crippen molar-refractivity contribution in [3.63, 3.8) is 0 Å². The van der Waals surface area contributed by atoms with Crippen LogP contribution >= 0.6 is 0 Å². The third kappa shape index (κ3) is 5.15. The second kappa shape index (κ2) is 6.98. The van der Waals surface area contributed by atoms with Gasteiger partial charge in [0.25, 0.3) is 5.91 Å². The number of carbonyl (C=O) groups excluding carboxylic acids is 1. The molecule has 0 unspecified atom stereocenters. The molecule has 0 saturated carbocycles. The average Bonchev–Trinajstić information content (AvgIpc) is 2.20. The van der Waals surface area contributed by atoms with Crippen molar-refractivity contribution in [2.75, 3.05) is 0 Å². The minimum absolute atomic E-state index is 0.0950. The summed E-state index contributed by atoms with van der Waals surface area (Å²) in [7, 11) is 0. The molecule has 0 aliphatic heterocycles. The topological polar surface area (TPSA) is 29.1 Å². The quantitative estimate of drug-likeness (QED) is 0.800. The lowest BCUT2D eigenvalue weighted by atomic mass is 10.2. The second-order valence-electron chi connectivity index (χ2n) is 3.14. The maximum absolute atomic E-state index is 12.5. The van der Waals surface area contributed by atoms with Crippen LogP contribution in [0.4, 0.5) is 4.39 Å². The van der Waals surface area contributed by atoms with E-state index in [1.54, 1.807) is 0 Å². The normalized spacial score (nSPS) is 9.20. The van der Waals surface area contributed by atoms with E-state index in [9.17, 15) is 9.18 Å². The van der Waals surface area contributed by atoms with E-state index >= 15 is 0 Å². The number of hydrogen-bond acceptors (Lipinski definition) is 1. The van der Waals surface area contributed by atoms with Crippen LogP contribution in [0, 0.1) is 5.82 Å². The summed E-state index contributed by atoms with van der Waals surface area (Å²) >= 11 is 0. The summed E-state index contributed by atoms with van der Waals surface area (Å²) in [6, 6.07) is 5.57. The van der Waals surface area contributed by atoms with Gasteiger partial charge in [0.1, 0.15) is 5.82 Å². The Labute approximate surface area is 90.5 Å². The van der Waals surface area contributed by atoms with Gasteiger partial charge in [-0.25, -0.2) is 4.39 Å². The highest BCUT2D eigenvalue weighted by atomic mass is 19.1. The number of amides is 1. The molecule has 0 bridgehead atoms. The van der Waals surface area contributed by atoms with E-state index in [4.69, 9.17) is 0 Å². The van der Waals surface area contributed by atoms with E-state index < -0.39 is 0 Å². The first-order valence-electron chi connectivity index (χ1n) is 5.16. The van der Waals surface area contributed by atoms with Crippen LogP contribution < -0.4 is 5.32 Å². The molecule has 0 radical (unpaired) electrons. The summed E-state index contributed by atoms with van der Waals surface area (Å²) in [5.74, 6) is -0.504. The summed E-state index contributed by atoms with van der Waals surface area (Å²) in [5.41, 5.74) is 0.482. The Morgan fingerprint density at radius 3 is 2.07 bits per heavy atom. The van der Waals surface area contributed by atoms with Gasteiger partial charge in [-0.2, -0.15) is 0 Å². The van der Waals surface area contributed by atoms with Crippen LogP contribution in [0.1, 0.15) is 38.1 Å². The Bertz CT molecular complexity index is 293. The summed E-state index contributed by atoms with van der Waals surface area (Å²) in [4.78, 5) is 11.3. The molecule has 1 rings (SSSR count). The van der Waals surface area contributed by atoms with E-state index in [0.29, 0.717) is 5.56 Å². The largest absolute Gasteiger partial charge is 0.350 e. The van der Waals surface area contributed by atoms with E-state index in [2.05, 4.69) is 5.32 Å². The first-order chi connectivity index (χ1) is 7.09. The molecule has 1 aromatic rings. The Morgan fingerprint density at radius 1 is 1.20 bits per heavy atom. The van der Waals surface area contributed by atoms with Crippen LogP contribution in [0.15, 0.2) is 24.3 Å². The van der Waals surface area contributed by atoms with Gasteiger partial charge in [-0.3, -0.25) is 4.79 Å². The Morgan fingerprint density at radius 2 is 1.67 bits per heavy atom. The highest BCUT2D eigenvalue weighted by Crippen LogP contribution is 2.02. The monoisotopic (exact) mass is 211 g/mol. The van der Waals surface area contributed by atoms with Crippen LogP contribution in [0.3, 0.4) is 0 Å². The lowest BCUT2D eigenvalue weighted by molar-refractivity contribution is 0.0943. The number of carbonyl (C=O) groups is 1. The van der Waals surface area contributed by atoms with Crippen LogP contribution in [0.2, 0.25) is 0 Å². The fourth-order valence-corrected chi connectivity index (χ4v) is 0.947. The molecule has 0 aromatic heterocycles. The predicted molar refractivity (Wildman–Crippen MR) is 60.4 cm³/mol. The average molecular weight is 211 g/mol. The number of halogens is 1. The highest BCUT2D eigenvalue weighted by Gasteiger charge is 2.05. The molecule has 3 heteroatoms. The Balaban J connectivity index is 0.000000921. The molecule has 0 aliphatic rings. The fraction of sp³-hybridized carbons (Fsp3) is 0.417. The SMILES string of the molecule is CC.CC(C)NC(=O)c1ccc(F)cc1. The second-order valence-corrected chi connectivity index (χ2v) is 3.14. The van der Waals surface area contributed by atoms with Crippen molar-refractivity contribution in [2.24, 2.45) is 0 Å². The molecule has 84 valence electrons.